The number of nitrogens with one attached hydrogen (secondary N) is 2. The number of rotatable bonds is 7. The third-order valence-electron chi connectivity index (χ3n) is 2.97. The molecule has 4 heteroatoms. The molecule has 0 aliphatic carbocycles. The molecular weight excluding hydrogens is 264 g/mol. The minimum absolute atomic E-state index is 0.0706. The fraction of sp³-hybridized carbons (Fsp3) is 0.588. The number of alkyl carbamates (subject to hydrolysis) is 1. The van der Waals surface area contributed by atoms with Gasteiger partial charge in [0, 0.05) is 6.04 Å². The number of ether oxygens (including phenoxy) is 1. The third kappa shape index (κ3) is 8.35. The monoisotopic (exact) mass is 292 g/mol. The molecule has 1 aromatic rings. The molecule has 1 aromatic carbocycles. The minimum atomic E-state index is -0.469. The Morgan fingerprint density at radius 3 is 2.48 bits per heavy atom. The second-order valence-corrected chi connectivity index (χ2v) is 6.18. The van der Waals surface area contributed by atoms with Crippen LogP contribution < -0.4 is 10.6 Å². The van der Waals surface area contributed by atoms with Crippen LogP contribution in [0.2, 0.25) is 0 Å². The predicted octanol–water partition coefficient (Wildman–Crippen LogP) is 3.12. The molecule has 0 unspecified atom stereocenters. The SMILES string of the molecule is CCNCC[C@H](Cc1ccccc1)NC(=O)OC(C)(C)C. The molecule has 1 amide bonds. The fourth-order valence-electron chi connectivity index (χ4n) is 2.05. The van der Waals surface area contributed by atoms with E-state index in [0.29, 0.717) is 0 Å². The molecule has 1 atom stereocenters. The summed E-state index contributed by atoms with van der Waals surface area (Å²) in [6.07, 6.45) is 1.34. The van der Waals surface area contributed by atoms with Crippen LogP contribution in [0.4, 0.5) is 4.79 Å². The zero-order valence-electron chi connectivity index (χ0n) is 13.6. The summed E-state index contributed by atoms with van der Waals surface area (Å²) in [4.78, 5) is 11.9. The number of carbonyl (C=O) groups excluding carboxylic acids is 1. The first-order valence-corrected chi connectivity index (χ1v) is 7.65. The van der Waals surface area contributed by atoms with Gasteiger partial charge in [-0.05, 0) is 52.3 Å². The van der Waals surface area contributed by atoms with Crippen molar-refractivity contribution in [2.45, 2.75) is 52.2 Å². The van der Waals surface area contributed by atoms with Crippen LogP contribution in [-0.2, 0) is 11.2 Å². The van der Waals surface area contributed by atoms with E-state index >= 15 is 0 Å². The first-order chi connectivity index (χ1) is 9.90. The van der Waals surface area contributed by atoms with Crippen molar-refractivity contribution in [3.8, 4) is 0 Å². The summed E-state index contributed by atoms with van der Waals surface area (Å²) in [6, 6.07) is 10.3. The van der Waals surface area contributed by atoms with E-state index < -0.39 is 5.60 Å². The van der Waals surface area contributed by atoms with Gasteiger partial charge in [-0.1, -0.05) is 37.3 Å². The molecule has 0 aliphatic heterocycles. The smallest absolute Gasteiger partial charge is 0.407 e. The molecule has 0 fully saturated rings. The molecular formula is C17H28N2O2. The van der Waals surface area contributed by atoms with Gasteiger partial charge in [-0.3, -0.25) is 0 Å². The standard InChI is InChI=1S/C17H28N2O2/c1-5-18-12-11-15(13-14-9-7-6-8-10-14)19-16(20)21-17(2,3)4/h6-10,15,18H,5,11-13H2,1-4H3,(H,19,20)/t15-/m1/s1. The zero-order valence-corrected chi connectivity index (χ0v) is 13.6. The Bertz CT molecular complexity index is 413. The number of carbonyl (C=O) groups is 1. The molecule has 21 heavy (non-hydrogen) atoms. The third-order valence-corrected chi connectivity index (χ3v) is 2.97. The van der Waals surface area contributed by atoms with Gasteiger partial charge in [0.25, 0.3) is 0 Å². The van der Waals surface area contributed by atoms with E-state index in [1.54, 1.807) is 0 Å². The van der Waals surface area contributed by atoms with Gasteiger partial charge in [0.2, 0.25) is 0 Å². The maximum absolute atomic E-state index is 11.9. The van der Waals surface area contributed by atoms with Gasteiger partial charge in [-0.2, -0.15) is 0 Å². The van der Waals surface area contributed by atoms with Crippen molar-refractivity contribution in [2.24, 2.45) is 0 Å². The first-order valence-electron chi connectivity index (χ1n) is 7.65. The highest BCUT2D eigenvalue weighted by Crippen LogP contribution is 2.09. The normalized spacial score (nSPS) is 12.8. The van der Waals surface area contributed by atoms with Crippen molar-refractivity contribution < 1.29 is 9.53 Å². The summed E-state index contributed by atoms with van der Waals surface area (Å²) in [7, 11) is 0. The average molecular weight is 292 g/mol. The molecule has 4 nitrogen and oxygen atoms in total. The van der Waals surface area contributed by atoms with Crippen LogP contribution in [0.5, 0.6) is 0 Å². The van der Waals surface area contributed by atoms with Gasteiger partial charge < -0.3 is 15.4 Å². The molecule has 0 bridgehead atoms. The first kappa shape index (κ1) is 17.5. The van der Waals surface area contributed by atoms with Crippen molar-refractivity contribution >= 4 is 6.09 Å². The second-order valence-electron chi connectivity index (χ2n) is 6.18. The summed E-state index contributed by atoms with van der Waals surface area (Å²) < 4.78 is 5.34. The van der Waals surface area contributed by atoms with Gasteiger partial charge >= 0.3 is 6.09 Å². The van der Waals surface area contributed by atoms with Crippen LogP contribution in [0.3, 0.4) is 0 Å². The van der Waals surface area contributed by atoms with E-state index in [1.165, 1.54) is 5.56 Å². The number of hydrogen-bond acceptors (Lipinski definition) is 3. The largest absolute Gasteiger partial charge is 0.444 e. The lowest BCUT2D eigenvalue weighted by Gasteiger charge is -2.24. The lowest BCUT2D eigenvalue weighted by Crippen LogP contribution is -2.41. The fourth-order valence-corrected chi connectivity index (χ4v) is 2.05. The van der Waals surface area contributed by atoms with Crippen molar-refractivity contribution in [2.75, 3.05) is 13.1 Å². The van der Waals surface area contributed by atoms with Gasteiger partial charge in [-0.15, -0.1) is 0 Å². The van der Waals surface area contributed by atoms with Crippen molar-refractivity contribution in [3.63, 3.8) is 0 Å². The maximum atomic E-state index is 11.9. The van der Waals surface area contributed by atoms with E-state index in [1.807, 2.05) is 39.0 Å². The number of hydrogen-bond donors (Lipinski definition) is 2. The van der Waals surface area contributed by atoms with Crippen molar-refractivity contribution in [3.05, 3.63) is 35.9 Å². The lowest BCUT2D eigenvalue weighted by atomic mass is 10.0. The minimum Gasteiger partial charge on any atom is -0.444 e. The Morgan fingerprint density at radius 1 is 1.24 bits per heavy atom. The Hall–Kier alpha value is -1.55. The van der Waals surface area contributed by atoms with E-state index in [-0.39, 0.29) is 12.1 Å². The lowest BCUT2D eigenvalue weighted by molar-refractivity contribution is 0.0502. The van der Waals surface area contributed by atoms with E-state index in [9.17, 15) is 4.79 Å². The van der Waals surface area contributed by atoms with Crippen LogP contribution in [0.25, 0.3) is 0 Å². The topological polar surface area (TPSA) is 50.4 Å². The highest BCUT2D eigenvalue weighted by atomic mass is 16.6. The molecule has 0 radical (unpaired) electrons. The van der Waals surface area contributed by atoms with Gasteiger partial charge in [0.1, 0.15) is 5.60 Å². The molecule has 0 spiro atoms. The summed E-state index contributed by atoms with van der Waals surface area (Å²) in [6.45, 7) is 9.51. The quantitative estimate of drug-likeness (QED) is 0.759. The summed E-state index contributed by atoms with van der Waals surface area (Å²) in [5.74, 6) is 0. The van der Waals surface area contributed by atoms with Crippen LogP contribution in [-0.4, -0.2) is 30.8 Å². The Balaban J connectivity index is 2.57. The number of benzene rings is 1. The van der Waals surface area contributed by atoms with E-state index in [4.69, 9.17) is 4.74 Å². The predicted molar refractivity (Wildman–Crippen MR) is 86.5 cm³/mol. The van der Waals surface area contributed by atoms with E-state index in [2.05, 4.69) is 29.7 Å². The van der Waals surface area contributed by atoms with Gasteiger partial charge in [-0.25, -0.2) is 4.79 Å². The van der Waals surface area contributed by atoms with Gasteiger partial charge in [0.15, 0.2) is 0 Å². The summed E-state index contributed by atoms with van der Waals surface area (Å²) in [5, 5.41) is 6.27. The highest BCUT2D eigenvalue weighted by Gasteiger charge is 2.19. The molecule has 2 N–H and O–H groups in total. The molecule has 0 saturated carbocycles. The molecule has 118 valence electrons. The molecule has 0 saturated heterocycles. The molecule has 1 rings (SSSR count). The van der Waals surface area contributed by atoms with Crippen molar-refractivity contribution in [1.29, 1.82) is 0 Å². The zero-order chi connectivity index (χ0) is 15.7. The maximum Gasteiger partial charge on any atom is 0.407 e. The Labute approximate surface area is 128 Å². The summed E-state index contributed by atoms with van der Waals surface area (Å²) >= 11 is 0. The van der Waals surface area contributed by atoms with Crippen LogP contribution in [0.15, 0.2) is 30.3 Å². The van der Waals surface area contributed by atoms with Crippen LogP contribution >= 0.6 is 0 Å². The van der Waals surface area contributed by atoms with Gasteiger partial charge in [0.05, 0.1) is 0 Å². The molecule has 0 aromatic heterocycles. The van der Waals surface area contributed by atoms with Crippen LogP contribution in [0, 0.1) is 0 Å². The highest BCUT2D eigenvalue weighted by molar-refractivity contribution is 5.68. The number of amides is 1. The Kier molecular flexibility index (Phi) is 7.23. The molecule has 0 heterocycles. The summed E-state index contributed by atoms with van der Waals surface area (Å²) in [5.41, 5.74) is 0.748. The molecule has 0 aliphatic rings. The van der Waals surface area contributed by atoms with Crippen LogP contribution in [0.1, 0.15) is 39.7 Å². The van der Waals surface area contributed by atoms with E-state index in [0.717, 1.165) is 25.9 Å². The van der Waals surface area contributed by atoms with Crippen molar-refractivity contribution in [1.82, 2.24) is 10.6 Å². The second kappa shape index (κ2) is 8.67. The average Bonchev–Trinajstić information content (AvgIpc) is 2.37. The Morgan fingerprint density at radius 2 is 1.90 bits per heavy atom.